The Kier molecular flexibility index (Phi) is 9.96. The molecule has 0 aliphatic heterocycles. The van der Waals surface area contributed by atoms with E-state index in [0.29, 0.717) is 22.8 Å². The number of nitrogens with zero attached hydrogens (tertiary/aromatic N) is 1. The Bertz CT molecular complexity index is 649. The van der Waals surface area contributed by atoms with Gasteiger partial charge in [-0.3, -0.25) is 0 Å². The van der Waals surface area contributed by atoms with Gasteiger partial charge in [-0.15, -0.1) is 0 Å². The highest BCUT2D eigenvalue weighted by Gasteiger charge is 2.25. The molecule has 0 saturated carbocycles. The molecule has 0 aliphatic carbocycles. The van der Waals surface area contributed by atoms with E-state index in [2.05, 4.69) is 0 Å². The second-order valence-electron chi connectivity index (χ2n) is 5.66. The van der Waals surface area contributed by atoms with E-state index in [4.69, 9.17) is 21.1 Å². The molecule has 1 aromatic rings. The van der Waals surface area contributed by atoms with E-state index < -0.39 is 18.2 Å². The van der Waals surface area contributed by atoms with Gasteiger partial charge >= 0.3 is 18.2 Å². The molecule has 1 aromatic carbocycles. The fourth-order valence-electron chi connectivity index (χ4n) is 1.94. The first-order chi connectivity index (χ1) is 12.9. The van der Waals surface area contributed by atoms with Crippen molar-refractivity contribution in [2.45, 2.75) is 39.5 Å². The Morgan fingerprint density at radius 3 is 1.89 bits per heavy atom. The van der Waals surface area contributed by atoms with E-state index in [1.165, 1.54) is 24.3 Å². The lowest BCUT2D eigenvalue weighted by Gasteiger charge is -2.17. The maximum Gasteiger partial charge on any atom is 0.423 e. The maximum atomic E-state index is 12.3. The number of carbonyl (C=O) groups is 3. The van der Waals surface area contributed by atoms with Crippen molar-refractivity contribution in [3.05, 3.63) is 41.1 Å². The van der Waals surface area contributed by atoms with Crippen molar-refractivity contribution in [1.29, 1.82) is 0 Å². The first kappa shape index (κ1) is 22.5. The number of aliphatic carboxylic acids is 1. The number of benzene rings is 1. The minimum Gasteiger partial charge on any atom is -0.478 e. The van der Waals surface area contributed by atoms with Gasteiger partial charge in [0.25, 0.3) is 0 Å². The zero-order valence-electron chi connectivity index (χ0n) is 15.4. The van der Waals surface area contributed by atoms with Crippen LogP contribution in [-0.2, 0) is 14.3 Å². The van der Waals surface area contributed by atoms with E-state index in [0.717, 1.165) is 19.0 Å². The number of unbranched alkanes of at least 4 members (excludes halogenated alkanes) is 2. The maximum absolute atomic E-state index is 12.3. The number of carboxylic acids is 1. The second-order valence-corrected chi connectivity index (χ2v) is 6.10. The summed E-state index contributed by atoms with van der Waals surface area (Å²) in [5.74, 6) is -1.31. The average Bonchev–Trinajstić information content (AvgIpc) is 2.63. The van der Waals surface area contributed by atoms with Gasteiger partial charge in [0.1, 0.15) is 0 Å². The third-order valence-electron chi connectivity index (χ3n) is 3.48. The Morgan fingerprint density at radius 2 is 1.48 bits per heavy atom. The van der Waals surface area contributed by atoms with Crippen molar-refractivity contribution in [1.82, 2.24) is 4.90 Å². The monoisotopic (exact) mass is 397 g/mol. The largest absolute Gasteiger partial charge is 0.478 e. The molecule has 0 aromatic heterocycles. The highest BCUT2D eigenvalue weighted by Crippen LogP contribution is 2.19. The van der Waals surface area contributed by atoms with E-state index in [-0.39, 0.29) is 24.4 Å². The molecule has 27 heavy (non-hydrogen) atoms. The van der Waals surface area contributed by atoms with Crippen molar-refractivity contribution in [2.24, 2.45) is 0 Å². The van der Waals surface area contributed by atoms with Crippen LogP contribution in [0.15, 0.2) is 30.5 Å². The number of rotatable bonds is 9. The van der Waals surface area contributed by atoms with Gasteiger partial charge in [-0.05, 0) is 30.5 Å². The molecular weight excluding hydrogens is 374 g/mol. The molecule has 0 bridgehead atoms. The molecule has 148 valence electrons. The van der Waals surface area contributed by atoms with Gasteiger partial charge in [-0.2, -0.15) is 4.90 Å². The lowest BCUT2D eigenvalue weighted by Crippen LogP contribution is -2.34. The molecule has 2 amide bonds. The van der Waals surface area contributed by atoms with Crippen LogP contribution in [0.4, 0.5) is 9.59 Å². The highest BCUT2D eigenvalue weighted by atomic mass is 35.5. The predicted octanol–water partition coefficient (Wildman–Crippen LogP) is 4.94. The van der Waals surface area contributed by atoms with Crippen LogP contribution in [0.25, 0.3) is 5.57 Å². The molecule has 1 rings (SSSR count). The number of halogens is 1. The predicted molar refractivity (Wildman–Crippen MR) is 101 cm³/mol. The summed E-state index contributed by atoms with van der Waals surface area (Å²) in [4.78, 5) is 36.8. The smallest absolute Gasteiger partial charge is 0.423 e. The van der Waals surface area contributed by atoms with Crippen LogP contribution in [0.2, 0.25) is 5.02 Å². The quantitative estimate of drug-likeness (QED) is 0.468. The van der Waals surface area contributed by atoms with E-state index in [1.807, 2.05) is 13.8 Å². The van der Waals surface area contributed by atoms with Gasteiger partial charge in [0.2, 0.25) is 0 Å². The SMILES string of the molecule is CCCCOC(=O)N(C=C(C(=O)O)c1ccc(Cl)cc1)C(=O)OCCCC. The molecule has 0 unspecified atom stereocenters. The standard InChI is InChI=1S/C19H24ClNO6/c1-3-5-11-26-18(24)21(19(25)27-12-6-4-2)13-16(17(22)23)14-7-9-15(20)10-8-14/h7-10,13H,3-6,11-12H2,1-2H3,(H,22,23). The number of carboxylic acid groups (broad SMARTS) is 1. The van der Waals surface area contributed by atoms with Crippen LogP contribution < -0.4 is 0 Å². The fourth-order valence-corrected chi connectivity index (χ4v) is 2.06. The molecule has 0 aliphatic rings. The number of carbonyl (C=O) groups excluding carboxylic acids is 2. The number of imide groups is 1. The molecule has 0 saturated heterocycles. The van der Waals surface area contributed by atoms with Gasteiger partial charge in [-0.25, -0.2) is 14.4 Å². The van der Waals surface area contributed by atoms with Crippen molar-refractivity contribution in [3.63, 3.8) is 0 Å². The summed E-state index contributed by atoms with van der Waals surface area (Å²) in [7, 11) is 0. The zero-order chi connectivity index (χ0) is 20.2. The molecule has 0 fully saturated rings. The second kappa shape index (κ2) is 12.0. The van der Waals surface area contributed by atoms with Crippen molar-refractivity contribution >= 4 is 35.3 Å². The average molecular weight is 398 g/mol. The van der Waals surface area contributed by atoms with Crippen LogP contribution in [-0.4, -0.2) is 41.4 Å². The number of hydrogen-bond acceptors (Lipinski definition) is 5. The highest BCUT2D eigenvalue weighted by molar-refractivity contribution is 6.30. The molecule has 1 N–H and O–H groups in total. The molecule has 8 heteroatoms. The molecular formula is C19H24ClNO6. The summed E-state index contributed by atoms with van der Waals surface area (Å²) in [6.07, 6.45) is 1.78. The van der Waals surface area contributed by atoms with Gasteiger partial charge < -0.3 is 14.6 Å². The van der Waals surface area contributed by atoms with E-state index in [1.54, 1.807) is 0 Å². The fraction of sp³-hybridized carbons (Fsp3) is 0.421. The molecule has 0 radical (unpaired) electrons. The van der Waals surface area contributed by atoms with Gasteiger partial charge in [0.05, 0.1) is 18.8 Å². The number of ether oxygens (including phenoxy) is 2. The van der Waals surface area contributed by atoms with Crippen LogP contribution in [0.3, 0.4) is 0 Å². The van der Waals surface area contributed by atoms with Crippen molar-refractivity contribution in [3.8, 4) is 0 Å². The van der Waals surface area contributed by atoms with Gasteiger partial charge in [0, 0.05) is 11.2 Å². The summed E-state index contributed by atoms with van der Waals surface area (Å²) in [5, 5.41) is 9.93. The van der Waals surface area contributed by atoms with E-state index in [9.17, 15) is 19.5 Å². The van der Waals surface area contributed by atoms with Crippen molar-refractivity contribution in [2.75, 3.05) is 13.2 Å². The summed E-state index contributed by atoms with van der Waals surface area (Å²) in [6, 6.07) is 5.98. The summed E-state index contributed by atoms with van der Waals surface area (Å²) in [6.45, 7) is 4.08. The van der Waals surface area contributed by atoms with Crippen LogP contribution in [0.1, 0.15) is 45.1 Å². The summed E-state index contributed by atoms with van der Waals surface area (Å²) in [5.41, 5.74) is 0.00571. The molecule has 0 heterocycles. The molecule has 0 atom stereocenters. The Hall–Kier alpha value is -2.54. The Morgan fingerprint density at radius 1 is 1.00 bits per heavy atom. The minimum absolute atomic E-state index is 0.116. The summed E-state index contributed by atoms with van der Waals surface area (Å²) >= 11 is 5.82. The lowest BCUT2D eigenvalue weighted by molar-refractivity contribution is -0.130. The van der Waals surface area contributed by atoms with Gasteiger partial charge in [0.15, 0.2) is 0 Å². The minimum atomic E-state index is -1.31. The first-order valence-corrected chi connectivity index (χ1v) is 9.12. The van der Waals surface area contributed by atoms with Crippen molar-refractivity contribution < 1.29 is 29.0 Å². The zero-order valence-corrected chi connectivity index (χ0v) is 16.2. The summed E-state index contributed by atoms with van der Waals surface area (Å²) < 4.78 is 10.1. The lowest BCUT2D eigenvalue weighted by atomic mass is 10.1. The van der Waals surface area contributed by atoms with Crippen LogP contribution in [0, 0.1) is 0 Å². The van der Waals surface area contributed by atoms with Crippen LogP contribution >= 0.6 is 11.6 Å². The topological polar surface area (TPSA) is 93.1 Å². The van der Waals surface area contributed by atoms with Crippen LogP contribution in [0.5, 0.6) is 0 Å². The third kappa shape index (κ3) is 7.70. The first-order valence-electron chi connectivity index (χ1n) is 8.74. The number of amides is 2. The molecule has 7 nitrogen and oxygen atoms in total. The Balaban J connectivity index is 3.13. The van der Waals surface area contributed by atoms with Gasteiger partial charge in [-0.1, -0.05) is 50.4 Å². The normalized spacial score (nSPS) is 11.0. The third-order valence-corrected chi connectivity index (χ3v) is 3.74. The number of hydrogen-bond donors (Lipinski definition) is 1. The van der Waals surface area contributed by atoms with E-state index >= 15 is 0 Å². The molecule has 0 spiro atoms. The Labute approximate surface area is 163 Å².